The normalized spacial score (nSPS) is 14.9. The van der Waals surface area contributed by atoms with Crippen molar-refractivity contribution in [3.05, 3.63) is 47.3 Å². The van der Waals surface area contributed by atoms with Gasteiger partial charge in [-0.05, 0) is 24.3 Å². The standard InChI is InChI=1S/C16H18N4O2S/c21-16(18-13-4-2-1-3-5-13)19-17-12-14-6-7-15(23-14)20-8-10-22-11-9-20/h1-7,12H,8-11H2,(H2,18,19,21)/b17-12-. The van der Waals surface area contributed by atoms with Crippen LogP contribution in [0.25, 0.3) is 0 Å². The number of morpholine rings is 1. The number of amides is 2. The topological polar surface area (TPSA) is 66.0 Å². The van der Waals surface area contributed by atoms with E-state index in [0.29, 0.717) is 0 Å². The van der Waals surface area contributed by atoms with E-state index in [1.54, 1.807) is 17.6 Å². The highest BCUT2D eigenvalue weighted by Gasteiger charge is 2.12. The SMILES string of the molecule is O=C(N/N=C\c1ccc(N2CCOCC2)s1)Nc1ccccc1. The van der Waals surface area contributed by atoms with E-state index in [0.717, 1.165) is 36.9 Å². The third-order valence-electron chi connectivity index (χ3n) is 3.32. The van der Waals surface area contributed by atoms with Crippen LogP contribution in [0.15, 0.2) is 47.6 Å². The van der Waals surface area contributed by atoms with Crippen LogP contribution in [0.2, 0.25) is 0 Å². The average molecular weight is 330 g/mol. The molecule has 1 aromatic heterocycles. The molecule has 0 unspecified atom stereocenters. The predicted molar refractivity (Wildman–Crippen MR) is 93.5 cm³/mol. The van der Waals surface area contributed by atoms with Crippen LogP contribution in [0.3, 0.4) is 0 Å². The van der Waals surface area contributed by atoms with Crippen molar-refractivity contribution in [2.75, 3.05) is 36.5 Å². The van der Waals surface area contributed by atoms with Gasteiger partial charge in [0.15, 0.2) is 0 Å². The second-order valence-corrected chi connectivity index (χ2v) is 6.06. The molecule has 0 bridgehead atoms. The van der Waals surface area contributed by atoms with Gasteiger partial charge in [0.25, 0.3) is 0 Å². The number of carbonyl (C=O) groups is 1. The molecule has 0 radical (unpaired) electrons. The van der Waals surface area contributed by atoms with Crippen LogP contribution in [0, 0.1) is 0 Å². The number of hydrogen-bond acceptors (Lipinski definition) is 5. The Balaban J connectivity index is 1.50. The minimum Gasteiger partial charge on any atom is -0.378 e. The zero-order valence-corrected chi connectivity index (χ0v) is 13.4. The summed E-state index contributed by atoms with van der Waals surface area (Å²) in [5.74, 6) is 0. The van der Waals surface area contributed by atoms with E-state index in [2.05, 4.69) is 26.8 Å². The largest absolute Gasteiger partial charge is 0.378 e. The van der Waals surface area contributed by atoms with Crippen LogP contribution in [-0.2, 0) is 4.74 Å². The van der Waals surface area contributed by atoms with Gasteiger partial charge in [-0.25, -0.2) is 10.2 Å². The number of para-hydroxylation sites is 1. The first-order valence-electron chi connectivity index (χ1n) is 7.39. The number of ether oxygens (including phenoxy) is 1. The maximum absolute atomic E-state index is 11.7. The van der Waals surface area contributed by atoms with Crippen molar-refractivity contribution < 1.29 is 9.53 Å². The Morgan fingerprint density at radius 2 is 1.96 bits per heavy atom. The number of nitrogens with one attached hydrogen (secondary N) is 2. The summed E-state index contributed by atoms with van der Waals surface area (Å²) >= 11 is 1.64. The fraction of sp³-hybridized carbons (Fsp3) is 0.250. The van der Waals surface area contributed by atoms with Crippen molar-refractivity contribution in [2.45, 2.75) is 0 Å². The van der Waals surface area contributed by atoms with Gasteiger partial charge < -0.3 is 15.0 Å². The van der Waals surface area contributed by atoms with Crippen molar-refractivity contribution in [3.8, 4) is 0 Å². The maximum Gasteiger partial charge on any atom is 0.339 e. The number of urea groups is 1. The minimum atomic E-state index is -0.364. The average Bonchev–Trinajstić information content (AvgIpc) is 3.05. The Kier molecular flexibility index (Phi) is 5.23. The molecular formula is C16H18N4O2S. The highest BCUT2D eigenvalue weighted by Crippen LogP contribution is 2.25. The first-order chi connectivity index (χ1) is 11.3. The van der Waals surface area contributed by atoms with Gasteiger partial charge >= 0.3 is 6.03 Å². The third-order valence-corrected chi connectivity index (χ3v) is 4.41. The smallest absolute Gasteiger partial charge is 0.339 e. The van der Waals surface area contributed by atoms with Crippen molar-refractivity contribution in [2.24, 2.45) is 5.10 Å². The summed E-state index contributed by atoms with van der Waals surface area (Å²) in [7, 11) is 0. The first-order valence-corrected chi connectivity index (χ1v) is 8.20. The Hall–Kier alpha value is -2.38. The van der Waals surface area contributed by atoms with Gasteiger partial charge in [-0.2, -0.15) is 5.10 Å². The number of anilines is 2. The van der Waals surface area contributed by atoms with Gasteiger partial charge in [-0.15, -0.1) is 11.3 Å². The summed E-state index contributed by atoms with van der Waals surface area (Å²) < 4.78 is 5.35. The van der Waals surface area contributed by atoms with Crippen LogP contribution < -0.4 is 15.6 Å². The first kappa shape index (κ1) is 15.5. The Bertz CT molecular complexity index is 666. The molecule has 3 rings (SSSR count). The Morgan fingerprint density at radius 1 is 1.17 bits per heavy atom. The third kappa shape index (κ3) is 4.54. The van der Waals surface area contributed by atoms with E-state index in [1.807, 2.05) is 36.4 Å². The van der Waals surface area contributed by atoms with Crippen LogP contribution in [0.1, 0.15) is 4.88 Å². The van der Waals surface area contributed by atoms with Gasteiger partial charge in [-0.3, -0.25) is 0 Å². The summed E-state index contributed by atoms with van der Waals surface area (Å²) in [6.07, 6.45) is 1.65. The fourth-order valence-corrected chi connectivity index (χ4v) is 3.13. The van der Waals surface area contributed by atoms with Gasteiger partial charge in [0.05, 0.1) is 24.4 Å². The molecule has 0 aliphatic carbocycles. The zero-order valence-electron chi connectivity index (χ0n) is 12.6. The lowest BCUT2D eigenvalue weighted by Gasteiger charge is -2.27. The van der Waals surface area contributed by atoms with E-state index in [1.165, 1.54) is 5.00 Å². The molecule has 0 atom stereocenters. The lowest BCUT2D eigenvalue weighted by molar-refractivity contribution is 0.123. The molecule has 1 aromatic carbocycles. The van der Waals surface area contributed by atoms with Gasteiger partial charge in [0.2, 0.25) is 0 Å². The number of thiophene rings is 1. The number of benzene rings is 1. The van der Waals surface area contributed by atoms with E-state index >= 15 is 0 Å². The highest BCUT2D eigenvalue weighted by molar-refractivity contribution is 7.17. The van der Waals surface area contributed by atoms with Gasteiger partial charge in [-0.1, -0.05) is 18.2 Å². The van der Waals surface area contributed by atoms with E-state index < -0.39 is 0 Å². The molecule has 1 aliphatic heterocycles. The van der Waals surface area contributed by atoms with Gasteiger partial charge in [0, 0.05) is 23.7 Å². The van der Waals surface area contributed by atoms with Crippen molar-refractivity contribution in [1.29, 1.82) is 0 Å². The molecule has 2 aromatic rings. The second-order valence-electron chi connectivity index (χ2n) is 4.97. The van der Waals surface area contributed by atoms with E-state index in [-0.39, 0.29) is 6.03 Å². The lowest BCUT2D eigenvalue weighted by atomic mass is 10.3. The summed E-state index contributed by atoms with van der Waals surface area (Å²) in [5, 5.41) is 7.88. The summed E-state index contributed by atoms with van der Waals surface area (Å²) in [5.41, 5.74) is 3.19. The van der Waals surface area contributed by atoms with Crippen molar-refractivity contribution in [1.82, 2.24) is 5.43 Å². The molecule has 120 valence electrons. The molecule has 0 spiro atoms. The Labute approximate surface area is 138 Å². The lowest BCUT2D eigenvalue weighted by Crippen LogP contribution is -2.35. The predicted octanol–water partition coefficient (Wildman–Crippen LogP) is 2.74. The molecule has 23 heavy (non-hydrogen) atoms. The molecule has 2 amide bonds. The van der Waals surface area contributed by atoms with Crippen molar-refractivity contribution >= 4 is 34.3 Å². The fourth-order valence-electron chi connectivity index (χ4n) is 2.20. The quantitative estimate of drug-likeness (QED) is 0.669. The second kappa shape index (κ2) is 7.75. The number of hydrogen-bond donors (Lipinski definition) is 2. The minimum absolute atomic E-state index is 0.364. The molecule has 1 fully saturated rings. The Morgan fingerprint density at radius 3 is 2.74 bits per heavy atom. The van der Waals surface area contributed by atoms with Gasteiger partial charge in [0.1, 0.15) is 0 Å². The van der Waals surface area contributed by atoms with Crippen LogP contribution in [0.5, 0.6) is 0 Å². The molecule has 2 heterocycles. The molecule has 6 nitrogen and oxygen atoms in total. The maximum atomic E-state index is 11.7. The molecule has 0 saturated carbocycles. The van der Waals surface area contributed by atoms with Crippen LogP contribution >= 0.6 is 11.3 Å². The van der Waals surface area contributed by atoms with Crippen LogP contribution in [0.4, 0.5) is 15.5 Å². The number of rotatable bonds is 4. The number of carbonyl (C=O) groups excluding carboxylic acids is 1. The zero-order chi connectivity index (χ0) is 15.9. The molecular weight excluding hydrogens is 312 g/mol. The molecule has 7 heteroatoms. The monoisotopic (exact) mass is 330 g/mol. The summed E-state index contributed by atoms with van der Waals surface area (Å²) in [6.45, 7) is 3.36. The van der Waals surface area contributed by atoms with Crippen LogP contribution in [-0.4, -0.2) is 38.5 Å². The molecule has 1 aliphatic rings. The number of hydrazone groups is 1. The molecule has 1 saturated heterocycles. The van der Waals surface area contributed by atoms with E-state index in [4.69, 9.17) is 4.74 Å². The van der Waals surface area contributed by atoms with Crippen molar-refractivity contribution in [3.63, 3.8) is 0 Å². The molecule has 2 N–H and O–H groups in total. The van der Waals surface area contributed by atoms with E-state index in [9.17, 15) is 4.79 Å². The highest BCUT2D eigenvalue weighted by atomic mass is 32.1. The summed E-state index contributed by atoms with van der Waals surface area (Å²) in [6, 6.07) is 12.9. The summed E-state index contributed by atoms with van der Waals surface area (Å²) in [4.78, 5) is 15.0. The number of nitrogens with zero attached hydrogens (tertiary/aromatic N) is 2.